The van der Waals surface area contributed by atoms with Crippen molar-refractivity contribution in [2.24, 2.45) is 0 Å². The van der Waals surface area contributed by atoms with Gasteiger partial charge in [-0.05, 0) is 33.0 Å². The molecule has 0 spiro atoms. The van der Waals surface area contributed by atoms with Gasteiger partial charge in [-0.3, -0.25) is 0 Å². The Balaban J connectivity index is 2.14. The maximum Gasteiger partial charge on any atom is 0.234 e. The summed E-state index contributed by atoms with van der Waals surface area (Å²) in [6.45, 7) is 9.08. The number of nitrogens with zero attached hydrogens (tertiary/aromatic N) is 3. The van der Waals surface area contributed by atoms with E-state index in [2.05, 4.69) is 25.5 Å². The monoisotopic (exact) mass is 325 g/mol. The zero-order chi connectivity index (χ0) is 16.2. The summed E-state index contributed by atoms with van der Waals surface area (Å²) >= 11 is 5.29. The second-order valence-corrected chi connectivity index (χ2v) is 6.43. The number of hydrogen-bond donors (Lipinski definition) is 2. The Hall–Kier alpha value is -1.67. The Morgan fingerprint density at radius 3 is 2.59 bits per heavy atom. The van der Waals surface area contributed by atoms with Crippen molar-refractivity contribution in [2.45, 2.75) is 26.3 Å². The summed E-state index contributed by atoms with van der Waals surface area (Å²) in [5.41, 5.74) is -0.129. The zero-order valence-electron chi connectivity index (χ0n) is 13.5. The van der Waals surface area contributed by atoms with Crippen molar-refractivity contribution in [3.05, 3.63) is 6.07 Å². The molecule has 1 aromatic rings. The quantitative estimate of drug-likeness (QED) is 0.808. The Morgan fingerprint density at radius 2 is 2.00 bits per heavy atom. The molecule has 1 fully saturated rings. The molecule has 2 N–H and O–H groups in total. The van der Waals surface area contributed by atoms with Crippen LogP contribution >= 0.6 is 12.2 Å². The molecule has 0 bridgehead atoms. The fraction of sp³-hybridized carbons (Fsp3) is 0.643. The summed E-state index contributed by atoms with van der Waals surface area (Å²) < 4.78 is 10.6. The average Bonchev–Trinajstić information content (AvgIpc) is 2.45. The van der Waals surface area contributed by atoms with Crippen LogP contribution in [-0.2, 0) is 4.74 Å². The number of ether oxygens (including phenoxy) is 2. The van der Waals surface area contributed by atoms with Crippen molar-refractivity contribution < 1.29 is 9.47 Å². The van der Waals surface area contributed by atoms with Gasteiger partial charge >= 0.3 is 0 Å². The first kappa shape index (κ1) is 16.7. The molecule has 122 valence electrons. The van der Waals surface area contributed by atoms with Gasteiger partial charge in [0.1, 0.15) is 5.82 Å². The highest BCUT2D eigenvalue weighted by molar-refractivity contribution is 7.80. The molecule has 0 saturated carbocycles. The second kappa shape index (κ2) is 7.06. The van der Waals surface area contributed by atoms with Gasteiger partial charge in [-0.1, -0.05) is 0 Å². The van der Waals surface area contributed by atoms with E-state index in [0.717, 1.165) is 18.9 Å². The van der Waals surface area contributed by atoms with Crippen molar-refractivity contribution in [3.63, 3.8) is 0 Å². The highest BCUT2D eigenvalue weighted by atomic mass is 32.1. The fourth-order valence-electron chi connectivity index (χ4n) is 2.00. The predicted molar refractivity (Wildman–Crippen MR) is 90.7 cm³/mol. The van der Waals surface area contributed by atoms with Gasteiger partial charge in [0, 0.05) is 24.7 Å². The molecule has 1 aliphatic heterocycles. The number of hydrogen-bond acceptors (Lipinski definition) is 6. The van der Waals surface area contributed by atoms with Gasteiger partial charge in [0.05, 0.1) is 20.3 Å². The third-order valence-electron chi connectivity index (χ3n) is 2.95. The summed E-state index contributed by atoms with van der Waals surface area (Å²) in [7, 11) is 1.58. The zero-order valence-corrected chi connectivity index (χ0v) is 14.3. The van der Waals surface area contributed by atoms with E-state index in [1.54, 1.807) is 7.11 Å². The highest BCUT2D eigenvalue weighted by Crippen LogP contribution is 2.20. The van der Waals surface area contributed by atoms with Crippen LogP contribution in [0, 0.1) is 0 Å². The van der Waals surface area contributed by atoms with E-state index >= 15 is 0 Å². The van der Waals surface area contributed by atoms with Crippen molar-refractivity contribution in [2.75, 3.05) is 43.6 Å². The first-order valence-corrected chi connectivity index (χ1v) is 7.63. The summed E-state index contributed by atoms with van der Waals surface area (Å²) in [5.74, 6) is 1.72. The maximum atomic E-state index is 5.36. The molecule has 0 atom stereocenters. The maximum absolute atomic E-state index is 5.36. The smallest absolute Gasteiger partial charge is 0.234 e. The molecule has 7 nitrogen and oxygen atoms in total. The molecule has 0 unspecified atom stereocenters. The van der Waals surface area contributed by atoms with E-state index in [4.69, 9.17) is 21.7 Å². The molecule has 8 heteroatoms. The van der Waals surface area contributed by atoms with Crippen LogP contribution in [0.15, 0.2) is 6.07 Å². The fourth-order valence-corrected chi connectivity index (χ4v) is 2.40. The molecule has 0 aromatic carbocycles. The topological polar surface area (TPSA) is 71.5 Å². The first-order valence-electron chi connectivity index (χ1n) is 7.22. The SMILES string of the molecule is COc1cc(N2CCOCC2)nc(NC(=S)NC(C)(C)C)n1. The van der Waals surface area contributed by atoms with E-state index in [-0.39, 0.29) is 5.54 Å². The standard InChI is InChI=1S/C14H23N5O2S/c1-14(2,3)18-13(22)17-12-15-10(9-11(16-12)20-4)19-5-7-21-8-6-19/h9H,5-8H2,1-4H3,(H2,15,16,17,18,22). The van der Waals surface area contributed by atoms with Gasteiger partial charge in [-0.25, -0.2) is 0 Å². The lowest BCUT2D eigenvalue weighted by molar-refractivity contribution is 0.122. The average molecular weight is 325 g/mol. The number of thiocarbonyl (C=S) groups is 1. The third kappa shape index (κ3) is 4.96. The molecule has 1 aliphatic rings. The van der Waals surface area contributed by atoms with Crippen LogP contribution in [0.2, 0.25) is 0 Å². The lowest BCUT2D eigenvalue weighted by Crippen LogP contribution is -2.43. The Bertz CT molecular complexity index is 526. The van der Waals surface area contributed by atoms with Crippen LogP contribution in [0.4, 0.5) is 11.8 Å². The van der Waals surface area contributed by atoms with E-state index in [1.165, 1.54) is 0 Å². The molecule has 2 rings (SSSR count). The summed E-state index contributed by atoms with van der Waals surface area (Å²) in [4.78, 5) is 10.9. The van der Waals surface area contributed by atoms with E-state index in [9.17, 15) is 0 Å². The highest BCUT2D eigenvalue weighted by Gasteiger charge is 2.17. The molecule has 0 amide bonds. The van der Waals surface area contributed by atoms with Crippen molar-refractivity contribution in [1.82, 2.24) is 15.3 Å². The first-order chi connectivity index (χ1) is 10.4. The third-order valence-corrected chi connectivity index (χ3v) is 3.15. The molecule has 2 heterocycles. The summed E-state index contributed by atoms with van der Waals surface area (Å²) in [6.07, 6.45) is 0. The summed E-state index contributed by atoms with van der Waals surface area (Å²) in [5, 5.41) is 6.66. The van der Waals surface area contributed by atoms with Crippen molar-refractivity contribution in [3.8, 4) is 5.88 Å². The van der Waals surface area contributed by atoms with Gasteiger partial charge in [-0.15, -0.1) is 0 Å². The molecule has 1 aromatic heterocycles. The second-order valence-electron chi connectivity index (χ2n) is 6.02. The van der Waals surface area contributed by atoms with Gasteiger partial charge < -0.3 is 25.0 Å². The van der Waals surface area contributed by atoms with Crippen LogP contribution in [0.5, 0.6) is 5.88 Å². The number of methoxy groups -OCH3 is 1. The van der Waals surface area contributed by atoms with Gasteiger partial charge in [-0.2, -0.15) is 9.97 Å². The lowest BCUT2D eigenvalue weighted by Gasteiger charge is -2.28. The normalized spacial score (nSPS) is 15.4. The number of rotatable bonds is 3. The molecule has 22 heavy (non-hydrogen) atoms. The van der Waals surface area contributed by atoms with Gasteiger partial charge in [0.2, 0.25) is 11.8 Å². The van der Waals surface area contributed by atoms with E-state index in [0.29, 0.717) is 30.2 Å². The van der Waals surface area contributed by atoms with Crippen molar-refractivity contribution in [1.29, 1.82) is 0 Å². The van der Waals surface area contributed by atoms with Gasteiger partial charge in [0.15, 0.2) is 5.11 Å². The molecule has 0 aliphatic carbocycles. The number of aromatic nitrogens is 2. The number of anilines is 2. The van der Waals surface area contributed by atoms with Crippen LogP contribution in [0.3, 0.4) is 0 Å². The van der Waals surface area contributed by atoms with Crippen LogP contribution in [0.1, 0.15) is 20.8 Å². The predicted octanol–water partition coefficient (Wildman–Crippen LogP) is 1.41. The molecular weight excluding hydrogens is 302 g/mol. The summed E-state index contributed by atoms with van der Waals surface area (Å²) in [6, 6.07) is 1.82. The minimum absolute atomic E-state index is 0.129. The minimum atomic E-state index is -0.129. The molecule has 1 saturated heterocycles. The Morgan fingerprint density at radius 1 is 1.32 bits per heavy atom. The van der Waals surface area contributed by atoms with Crippen molar-refractivity contribution >= 4 is 29.1 Å². The Kier molecular flexibility index (Phi) is 5.36. The number of morpholine rings is 1. The van der Waals surface area contributed by atoms with Crippen LogP contribution in [0.25, 0.3) is 0 Å². The Labute approximate surface area is 136 Å². The largest absolute Gasteiger partial charge is 0.481 e. The van der Waals surface area contributed by atoms with Crippen LogP contribution < -0.4 is 20.3 Å². The van der Waals surface area contributed by atoms with E-state index in [1.807, 2.05) is 26.8 Å². The molecular formula is C14H23N5O2S. The molecule has 0 radical (unpaired) electrons. The minimum Gasteiger partial charge on any atom is -0.481 e. The van der Waals surface area contributed by atoms with Crippen LogP contribution in [-0.4, -0.2) is 54.0 Å². The van der Waals surface area contributed by atoms with Gasteiger partial charge in [0.25, 0.3) is 0 Å². The number of nitrogens with one attached hydrogen (secondary N) is 2. The lowest BCUT2D eigenvalue weighted by atomic mass is 10.1. The van der Waals surface area contributed by atoms with E-state index < -0.39 is 0 Å².